The first-order chi connectivity index (χ1) is 4.95. The molecular formula is C9H20IN. The van der Waals surface area contributed by atoms with Gasteiger partial charge < -0.3 is 5.32 Å². The van der Waals surface area contributed by atoms with Crippen LogP contribution in [0.3, 0.4) is 0 Å². The summed E-state index contributed by atoms with van der Waals surface area (Å²) < 4.78 is 1.24. The standard InChI is InChI=1S/C9H20IN/c1-8(5-10)6-11-7-9(2,3)4/h8,11H,5-7H2,1-4H3. The fourth-order valence-corrected chi connectivity index (χ4v) is 1.06. The number of nitrogens with one attached hydrogen (secondary N) is 1. The van der Waals surface area contributed by atoms with Crippen molar-refractivity contribution in [2.45, 2.75) is 27.7 Å². The smallest absolute Gasteiger partial charge is 0.00331 e. The van der Waals surface area contributed by atoms with Crippen molar-refractivity contribution in [3.8, 4) is 0 Å². The van der Waals surface area contributed by atoms with Crippen molar-refractivity contribution < 1.29 is 0 Å². The Hall–Kier alpha value is 0.690. The summed E-state index contributed by atoms with van der Waals surface area (Å²) in [5, 5.41) is 3.47. The molecular weight excluding hydrogens is 249 g/mol. The summed E-state index contributed by atoms with van der Waals surface area (Å²) in [4.78, 5) is 0. The van der Waals surface area contributed by atoms with Crippen molar-refractivity contribution in [2.75, 3.05) is 17.5 Å². The number of halogens is 1. The van der Waals surface area contributed by atoms with Crippen molar-refractivity contribution in [1.82, 2.24) is 5.32 Å². The van der Waals surface area contributed by atoms with Crippen LogP contribution in [0.25, 0.3) is 0 Å². The topological polar surface area (TPSA) is 12.0 Å². The lowest BCUT2D eigenvalue weighted by atomic mass is 9.97. The third-order valence-electron chi connectivity index (χ3n) is 1.41. The summed E-state index contributed by atoms with van der Waals surface area (Å²) in [5.41, 5.74) is 0.422. The zero-order valence-corrected chi connectivity index (χ0v) is 10.2. The molecule has 0 rings (SSSR count). The van der Waals surface area contributed by atoms with E-state index in [2.05, 4.69) is 55.6 Å². The highest BCUT2D eigenvalue weighted by Gasteiger charge is 2.09. The van der Waals surface area contributed by atoms with Gasteiger partial charge in [0, 0.05) is 4.43 Å². The average Bonchev–Trinajstić information content (AvgIpc) is 1.85. The third-order valence-corrected chi connectivity index (χ3v) is 2.92. The second-order valence-electron chi connectivity index (χ2n) is 4.45. The monoisotopic (exact) mass is 269 g/mol. The maximum Gasteiger partial charge on any atom is 0.00331 e. The van der Waals surface area contributed by atoms with E-state index in [9.17, 15) is 0 Å². The Morgan fingerprint density at radius 3 is 2.27 bits per heavy atom. The highest BCUT2D eigenvalue weighted by molar-refractivity contribution is 14.1. The van der Waals surface area contributed by atoms with E-state index in [0.717, 1.165) is 19.0 Å². The van der Waals surface area contributed by atoms with Gasteiger partial charge in [0.15, 0.2) is 0 Å². The first-order valence-corrected chi connectivity index (χ1v) is 5.75. The molecule has 0 bridgehead atoms. The lowest BCUT2D eigenvalue weighted by Gasteiger charge is -2.20. The molecule has 0 aliphatic rings. The minimum atomic E-state index is 0.422. The molecule has 0 aliphatic carbocycles. The third kappa shape index (κ3) is 8.60. The molecule has 0 spiro atoms. The van der Waals surface area contributed by atoms with Gasteiger partial charge in [-0.2, -0.15) is 0 Å². The van der Waals surface area contributed by atoms with Gasteiger partial charge in [0.25, 0.3) is 0 Å². The molecule has 2 heteroatoms. The summed E-state index contributed by atoms with van der Waals surface area (Å²) in [5.74, 6) is 0.804. The number of hydrogen-bond acceptors (Lipinski definition) is 1. The van der Waals surface area contributed by atoms with Crippen molar-refractivity contribution in [1.29, 1.82) is 0 Å². The van der Waals surface area contributed by atoms with Gasteiger partial charge in [0.05, 0.1) is 0 Å². The van der Waals surface area contributed by atoms with Crippen molar-refractivity contribution in [3.63, 3.8) is 0 Å². The van der Waals surface area contributed by atoms with E-state index in [4.69, 9.17) is 0 Å². The van der Waals surface area contributed by atoms with Gasteiger partial charge in [-0.15, -0.1) is 0 Å². The normalized spacial score (nSPS) is 15.0. The maximum absolute atomic E-state index is 3.47. The molecule has 0 aromatic rings. The Balaban J connectivity index is 3.28. The summed E-state index contributed by atoms with van der Waals surface area (Å²) in [7, 11) is 0. The summed E-state index contributed by atoms with van der Waals surface area (Å²) in [6, 6.07) is 0. The zero-order chi connectivity index (χ0) is 8.91. The largest absolute Gasteiger partial charge is 0.316 e. The van der Waals surface area contributed by atoms with Crippen LogP contribution in [0.5, 0.6) is 0 Å². The molecule has 0 aromatic carbocycles. The van der Waals surface area contributed by atoms with E-state index in [1.807, 2.05) is 0 Å². The van der Waals surface area contributed by atoms with Crippen molar-refractivity contribution >= 4 is 22.6 Å². The Labute approximate surface area is 84.5 Å². The van der Waals surface area contributed by atoms with E-state index in [0.29, 0.717) is 5.41 Å². The van der Waals surface area contributed by atoms with Crippen LogP contribution >= 0.6 is 22.6 Å². The Morgan fingerprint density at radius 1 is 1.36 bits per heavy atom. The molecule has 0 radical (unpaired) electrons. The second-order valence-corrected chi connectivity index (χ2v) is 5.33. The molecule has 1 nitrogen and oxygen atoms in total. The molecule has 1 N–H and O–H groups in total. The fraction of sp³-hybridized carbons (Fsp3) is 1.00. The average molecular weight is 269 g/mol. The minimum Gasteiger partial charge on any atom is -0.316 e. The minimum absolute atomic E-state index is 0.422. The van der Waals surface area contributed by atoms with E-state index in [-0.39, 0.29) is 0 Å². The summed E-state index contributed by atoms with van der Waals surface area (Å²) >= 11 is 2.43. The molecule has 0 saturated carbocycles. The molecule has 0 fully saturated rings. The van der Waals surface area contributed by atoms with Gasteiger partial charge in [0.1, 0.15) is 0 Å². The molecule has 1 unspecified atom stereocenters. The summed E-state index contributed by atoms with van der Waals surface area (Å²) in [6.45, 7) is 11.3. The molecule has 11 heavy (non-hydrogen) atoms. The van der Waals surface area contributed by atoms with Crippen LogP contribution in [0.15, 0.2) is 0 Å². The van der Waals surface area contributed by atoms with Crippen LogP contribution in [0, 0.1) is 11.3 Å². The van der Waals surface area contributed by atoms with Gasteiger partial charge in [-0.3, -0.25) is 0 Å². The number of hydrogen-bond donors (Lipinski definition) is 1. The Morgan fingerprint density at radius 2 is 1.91 bits per heavy atom. The van der Waals surface area contributed by atoms with Crippen LogP contribution in [0.1, 0.15) is 27.7 Å². The number of alkyl halides is 1. The van der Waals surface area contributed by atoms with Crippen LogP contribution < -0.4 is 5.32 Å². The first-order valence-electron chi connectivity index (χ1n) is 4.22. The van der Waals surface area contributed by atoms with Gasteiger partial charge >= 0.3 is 0 Å². The molecule has 1 atom stereocenters. The Bertz CT molecular complexity index is 96.2. The van der Waals surface area contributed by atoms with E-state index >= 15 is 0 Å². The predicted molar refractivity (Wildman–Crippen MR) is 60.4 cm³/mol. The van der Waals surface area contributed by atoms with Crippen LogP contribution in [-0.2, 0) is 0 Å². The summed E-state index contributed by atoms with van der Waals surface area (Å²) in [6.07, 6.45) is 0. The van der Waals surface area contributed by atoms with Gasteiger partial charge in [-0.25, -0.2) is 0 Å². The Kier molecular flexibility index (Phi) is 5.69. The van der Waals surface area contributed by atoms with E-state index < -0.39 is 0 Å². The van der Waals surface area contributed by atoms with Gasteiger partial charge in [-0.05, 0) is 24.4 Å². The van der Waals surface area contributed by atoms with Crippen molar-refractivity contribution in [3.05, 3.63) is 0 Å². The van der Waals surface area contributed by atoms with E-state index in [1.54, 1.807) is 0 Å². The van der Waals surface area contributed by atoms with Crippen LogP contribution in [0.4, 0.5) is 0 Å². The fourth-order valence-electron chi connectivity index (χ4n) is 0.748. The molecule has 0 saturated heterocycles. The molecule has 0 aromatic heterocycles. The van der Waals surface area contributed by atoms with Gasteiger partial charge in [0.2, 0.25) is 0 Å². The highest BCUT2D eigenvalue weighted by Crippen LogP contribution is 2.10. The first kappa shape index (κ1) is 11.7. The second kappa shape index (κ2) is 5.36. The van der Waals surface area contributed by atoms with Crippen LogP contribution in [-0.4, -0.2) is 17.5 Å². The molecule has 0 heterocycles. The van der Waals surface area contributed by atoms with Gasteiger partial charge in [-0.1, -0.05) is 50.3 Å². The highest BCUT2D eigenvalue weighted by atomic mass is 127. The van der Waals surface area contributed by atoms with E-state index in [1.165, 1.54) is 4.43 Å². The lowest BCUT2D eigenvalue weighted by Crippen LogP contribution is -2.30. The van der Waals surface area contributed by atoms with Crippen LogP contribution in [0.2, 0.25) is 0 Å². The SMILES string of the molecule is CC(CI)CNCC(C)(C)C. The number of rotatable bonds is 4. The lowest BCUT2D eigenvalue weighted by molar-refractivity contribution is 0.369. The molecule has 0 aliphatic heterocycles. The predicted octanol–water partition coefficient (Wildman–Crippen LogP) is 2.69. The maximum atomic E-state index is 3.47. The molecule has 68 valence electrons. The van der Waals surface area contributed by atoms with Crippen molar-refractivity contribution in [2.24, 2.45) is 11.3 Å². The quantitative estimate of drug-likeness (QED) is 0.611. The molecule has 0 amide bonds. The zero-order valence-electron chi connectivity index (χ0n) is 8.08.